The third kappa shape index (κ3) is 61.4. The third-order valence-electron chi connectivity index (χ3n) is 0.200. The zero-order valence-electron chi connectivity index (χ0n) is 7.69. The zero-order valence-corrected chi connectivity index (χ0v) is 11.6. The Kier molecular flexibility index (Phi) is 14.6. The van der Waals surface area contributed by atoms with Gasteiger partial charge in [0.05, 0.1) is 7.82 Å². The first-order chi connectivity index (χ1) is 6.21. The molecule has 0 spiro atoms. The van der Waals surface area contributed by atoms with Gasteiger partial charge in [0.2, 0.25) is 0 Å². The predicted molar refractivity (Wildman–Crippen MR) is 45.9 cm³/mol. The van der Waals surface area contributed by atoms with E-state index in [1.807, 2.05) is 0 Å². The first-order valence-corrected chi connectivity index (χ1v) is 6.51. The van der Waals surface area contributed by atoms with E-state index < -0.39 is 28.6 Å². The molecule has 0 saturated heterocycles. The van der Waals surface area contributed by atoms with E-state index in [1.165, 1.54) is 0 Å². The second-order valence-electron chi connectivity index (χ2n) is 1.46. The average molecular weight is 331 g/mol. The van der Waals surface area contributed by atoms with Crippen LogP contribution in [0.4, 0.5) is 0 Å². The van der Waals surface area contributed by atoms with Crippen molar-refractivity contribution in [2.75, 3.05) is 0 Å². The summed E-state index contributed by atoms with van der Waals surface area (Å²) in [5.41, 5.74) is 0. The standard InChI is InChI=1S/Mg.H3N.H2O8S2.H3O4P/c;;1-9(2,3)7-8-10(4,5)6;1-5(2,3)4/h;1H3;(H,1,2,3)(H,4,5,6);(H3,1,2,3,4)/q+2;;;/p-2. The van der Waals surface area contributed by atoms with Crippen LogP contribution in [0.15, 0.2) is 0 Å². The number of hydrogen-bond acceptors (Lipinski definition) is 10. The zero-order chi connectivity index (χ0) is 12.9. The van der Waals surface area contributed by atoms with Gasteiger partial charge in [-0.15, -0.1) is 0 Å². The average Bonchev–Trinajstić information content (AvgIpc) is 1.76. The van der Waals surface area contributed by atoms with Crippen molar-refractivity contribution in [3.63, 3.8) is 0 Å². The second kappa shape index (κ2) is 9.50. The molecule has 0 aliphatic rings. The summed E-state index contributed by atoms with van der Waals surface area (Å²) in [6.45, 7) is 0. The van der Waals surface area contributed by atoms with Gasteiger partial charge in [-0.2, -0.15) is 16.8 Å². The normalized spacial score (nSPS) is 11.4. The van der Waals surface area contributed by atoms with E-state index in [1.54, 1.807) is 0 Å². The van der Waals surface area contributed by atoms with Gasteiger partial charge in [0.25, 0.3) is 0 Å². The maximum atomic E-state index is 9.51. The quantitative estimate of drug-likeness (QED) is 0.127. The van der Waals surface area contributed by atoms with Crippen molar-refractivity contribution in [2.24, 2.45) is 0 Å². The van der Waals surface area contributed by atoms with Gasteiger partial charge in [0.15, 0.2) is 0 Å². The van der Waals surface area contributed by atoms with Gasteiger partial charge in [-0.3, -0.25) is 9.11 Å². The van der Waals surface area contributed by atoms with E-state index in [2.05, 4.69) is 8.67 Å². The minimum atomic E-state index is -5.14. The fourth-order valence-electron chi connectivity index (χ4n) is 0.0702. The molecule has 0 saturated carbocycles. The Morgan fingerprint density at radius 3 is 1.12 bits per heavy atom. The van der Waals surface area contributed by atoms with Crippen molar-refractivity contribution >= 4 is 51.7 Å². The Morgan fingerprint density at radius 1 is 0.941 bits per heavy atom. The van der Waals surface area contributed by atoms with E-state index in [9.17, 15) is 16.8 Å². The SMILES string of the molecule is N.O=P([O-])([O-])O.O=S(=O)(O)OOS(=O)(=O)O.[Mg+2]. The van der Waals surface area contributed by atoms with Crippen molar-refractivity contribution in [3.8, 4) is 0 Å². The molecule has 0 aromatic carbocycles. The minimum Gasteiger partial charge on any atom is -0.790 e. The molecule has 0 radical (unpaired) electrons. The minimum absolute atomic E-state index is 0. The first kappa shape index (κ1) is 26.2. The van der Waals surface area contributed by atoms with Crippen molar-refractivity contribution in [3.05, 3.63) is 0 Å². The molecule has 0 amide bonds. The van der Waals surface area contributed by atoms with Gasteiger partial charge < -0.3 is 25.4 Å². The largest absolute Gasteiger partial charge is 2.00 e. The van der Waals surface area contributed by atoms with Crippen LogP contribution in [0.2, 0.25) is 0 Å². The molecule has 0 bridgehead atoms. The molecular formula is H6MgNO12PS2. The van der Waals surface area contributed by atoms with Gasteiger partial charge in [-0.25, -0.2) is 0 Å². The molecule has 0 fully saturated rings. The van der Waals surface area contributed by atoms with Crippen LogP contribution in [0, 0.1) is 0 Å². The van der Waals surface area contributed by atoms with Gasteiger partial charge in [-0.05, 0) is 0 Å². The summed E-state index contributed by atoms with van der Waals surface area (Å²) >= 11 is 0. The van der Waals surface area contributed by atoms with Crippen molar-refractivity contribution < 1.29 is 53.9 Å². The van der Waals surface area contributed by atoms with E-state index in [0.29, 0.717) is 0 Å². The van der Waals surface area contributed by atoms with Crippen molar-refractivity contribution in [1.82, 2.24) is 6.15 Å². The third-order valence-corrected chi connectivity index (χ3v) is 0.766. The molecule has 6 N–H and O–H groups in total. The Morgan fingerprint density at radius 2 is 1.06 bits per heavy atom. The Bertz CT molecular complexity index is 373. The summed E-state index contributed by atoms with van der Waals surface area (Å²) in [7, 11) is -15.2. The Hall–Kier alpha value is 0.576. The first-order valence-electron chi connectivity index (χ1n) is 2.28. The van der Waals surface area contributed by atoms with Crippen molar-refractivity contribution in [1.29, 1.82) is 0 Å². The summed E-state index contributed by atoms with van der Waals surface area (Å²) in [6.07, 6.45) is 0. The molecule has 0 aromatic rings. The summed E-state index contributed by atoms with van der Waals surface area (Å²) in [5, 5.41) is 0. The van der Waals surface area contributed by atoms with Gasteiger partial charge in [0.1, 0.15) is 0 Å². The van der Waals surface area contributed by atoms with Gasteiger partial charge in [-0.1, -0.05) is 8.67 Å². The van der Waals surface area contributed by atoms with E-state index in [0.717, 1.165) is 0 Å². The van der Waals surface area contributed by atoms with E-state index in [4.69, 9.17) is 28.4 Å². The monoisotopic (exact) mass is 331 g/mol. The fourth-order valence-corrected chi connectivity index (χ4v) is 0.632. The van der Waals surface area contributed by atoms with Crippen LogP contribution in [0.1, 0.15) is 0 Å². The summed E-state index contributed by atoms with van der Waals surface area (Å²) in [6, 6.07) is 0. The maximum absolute atomic E-state index is 9.51. The van der Waals surface area contributed by atoms with Gasteiger partial charge >= 0.3 is 43.9 Å². The molecule has 0 unspecified atom stereocenters. The van der Waals surface area contributed by atoms with Crippen LogP contribution in [0.25, 0.3) is 0 Å². The summed E-state index contributed by atoms with van der Waals surface area (Å²) in [4.78, 5) is 24.3. The van der Waals surface area contributed by atoms with Crippen LogP contribution in [0.5, 0.6) is 0 Å². The van der Waals surface area contributed by atoms with Crippen LogP contribution in [-0.4, -0.2) is 53.9 Å². The molecule has 0 heterocycles. The van der Waals surface area contributed by atoms with E-state index in [-0.39, 0.29) is 29.2 Å². The molecule has 0 aliphatic carbocycles. The number of hydrogen-bond donors (Lipinski definition) is 4. The molecule has 17 heavy (non-hydrogen) atoms. The van der Waals surface area contributed by atoms with Crippen molar-refractivity contribution in [2.45, 2.75) is 0 Å². The number of rotatable bonds is 3. The van der Waals surface area contributed by atoms with Crippen LogP contribution >= 0.6 is 7.82 Å². The molecule has 102 valence electrons. The molecule has 0 rings (SSSR count). The molecule has 0 atom stereocenters. The smallest absolute Gasteiger partial charge is 0.790 e. The second-order valence-corrected chi connectivity index (χ2v) is 4.38. The summed E-state index contributed by atoms with van der Waals surface area (Å²) < 4.78 is 67.5. The van der Waals surface area contributed by atoms with Crippen LogP contribution < -0.4 is 15.9 Å². The van der Waals surface area contributed by atoms with Gasteiger partial charge in [0, 0.05) is 0 Å². The number of phosphoric acid groups is 1. The molecule has 0 aliphatic heterocycles. The predicted octanol–water partition coefficient (Wildman–Crippen LogP) is -3.87. The van der Waals surface area contributed by atoms with Crippen LogP contribution in [-0.2, 0) is 34.0 Å². The molecular weight excluding hydrogens is 325 g/mol. The molecule has 17 heteroatoms. The topological polar surface area (TPSA) is 246 Å². The Balaban J connectivity index is -0.000000105. The maximum Gasteiger partial charge on any atom is 2.00 e. The summed E-state index contributed by atoms with van der Waals surface area (Å²) in [5.74, 6) is 0. The van der Waals surface area contributed by atoms with Crippen LogP contribution in [0.3, 0.4) is 0 Å². The molecule has 13 nitrogen and oxygen atoms in total. The molecule has 0 aromatic heterocycles. The Labute approximate surface area is 112 Å². The van der Waals surface area contributed by atoms with E-state index >= 15 is 0 Å². The fraction of sp³-hybridized carbons (Fsp3) is 0.